The molecule has 0 aliphatic heterocycles. The van der Waals surface area contributed by atoms with Gasteiger partial charge < -0.3 is 10.4 Å². The van der Waals surface area contributed by atoms with Crippen molar-refractivity contribution in [2.75, 3.05) is 5.32 Å². The van der Waals surface area contributed by atoms with Gasteiger partial charge in [0.05, 0.1) is 5.69 Å². The van der Waals surface area contributed by atoms with Gasteiger partial charge in [-0.15, -0.1) is 11.3 Å². The summed E-state index contributed by atoms with van der Waals surface area (Å²) in [6.45, 7) is 1.90. The highest BCUT2D eigenvalue weighted by Gasteiger charge is 2.11. The smallest absolute Gasteiger partial charge is 0.354 e. The van der Waals surface area contributed by atoms with Crippen LogP contribution in [0, 0.1) is 6.92 Å². The molecule has 3 aromatic rings. The maximum absolute atomic E-state index is 11.2. The van der Waals surface area contributed by atoms with E-state index in [4.69, 9.17) is 5.11 Å². The van der Waals surface area contributed by atoms with E-state index in [0.717, 1.165) is 16.5 Å². The fourth-order valence-electron chi connectivity index (χ4n) is 1.92. The van der Waals surface area contributed by atoms with Crippen molar-refractivity contribution in [2.24, 2.45) is 0 Å². The van der Waals surface area contributed by atoms with Crippen molar-refractivity contribution in [1.82, 2.24) is 9.97 Å². The predicted molar refractivity (Wildman–Crippen MR) is 78.8 cm³/mol. The lowest BCUT2D eigenvalue weighted by Crippen LogP contribution is -2.04. The number of aromatic carboxylic acids is 1. The Balaban J connectivity index is 2.14. The second kappa shape index (κ2) is 4.90. The number of pyridine rings is 1. The summed E-state index contributed by atoms with van der Waals surface area (Å²) in [5.74, 6) is -0.538. The van der Waals surface area contributed by atoms with Crippen LogP contribution in [0.1, 0.15) is 16.2 Å². The monoisotopic (exact) mass is 285 g/mol. The number of carboxylic acid groups (broad SMARTS) is 1. The van der Waals surface area contributed by atoms with Gasteiger partial charge in [-0.3, -0.25) is 0 Å². The number of thiazole rings is 1. The zero-order valence-electron chi connectivity index (χ0n) is 10.6. The first-order chi connectivity index (χ1) is 9.63. The van der Waals surface area contributed by atoms with E-state index < -0.39 is 5.97 Å². The Kier molecular flexibility index (Phi) is 3.08. The number of nitrogens with one attached hydrogen (secondary N) is 1. The zero-order valence-corrected chi connectivity index (χ0v) is 11.4. The minimum Gasteiger partial charge on any atom is -0.477 e. The van der Waals surface area contributed by atoms with E-state index in [1.165, 1.54) is 11.3 Å². The number of aromatic nitrogens is 2. The van der Waals surface area contributed by atoms with E-state index in [0.29, 0.717) is 10.9 Å². The van der Waals surface area contributed by atoms with Gasteiger partial charge in [-0.25, -0.2) is 14.8 Å². The number of aryl methyl sites for hydroxylation is 1. The molecule has 20 heavy (non-hydrogen) atoms. The van der Waals surface area contributed by atoms with Crippen LogP contribution in [-0.4, -0.2) is 21.0 Å². The molecule has 2 N–H and O–H groups in total. The Morgan fingerprint density at radius 2 is 2.10 bits per heavy atom. The van der Waals surface area contributed by atoms with Crippen molar-refractivity contribution in [3.05, 3.63) is 47.1 Å². The fraction of sp³-hybridized carbons (Fsp3) is 0.0714. The molecule has 0 saturated carbocycles. The summed E-state index contributed by atoms with van der Waals surface area (Å²) in [7, 11) is 0. The van der Waals surface area contributed by atoms with Gasteiger partial charge >= 0.3 is 5.97 Å². The molecule has 0 radical (unpaired) electrons. The standard InChI is InChI=1S/C14H11N3O2S/c1-8-7-20-14(15-8)17-12-10-5-3-2-4-9(10)6-11(16-12)13(18)19/h2-7H,1H3,(H,18,19)(H,15,16,17). The molecule has 1 aromatic carbocycles. The summed E-state index contributed by atoms with van der Waals surface area (Å²) in [4.78, 5) is 19.6. The van der Waals surface area contributed by atoms with Crippen LogP contribution >= 0.6 is 11.3 Å². The van der Waals surface area contributed by atoms with Gasteiger partial charge in [-0.2, -0.15) is 0 Å². The van der Waals surface area contributed by atoms with Crippen LogP contribution < -0.4 is 5.32 Å². The molecule has 0 atom stereocenters. The molecule has 3 rings (SSSR count). The molecular weight excluding hydrogens is 274 g/mol. The Hall–Kier alpha value is -2.47. The van der Waals surface area contributed by atoms with E-state index in [1.54, 1.807) is 6.07 Å². The number of hydrogen-bond acceptors (Lipinski definition) is 5. The summed E-state index contributed by atoms with van der Waals surface area (Å²) in [6.07, 6.45) is 0. The quantitative estimate of drug-likeness (QED) is 0.771. The largest absolute Gasteiger partial charge is 0.477 e. The van der Waals surface area contributed by atoms with Crippen LogP contribution in [-0.2, 0) is 0 Å². The fourth-order valence-corrected chi connectivity index (χ4v) is 2.60. The second-order valence-corrected chi connectivity index (χ2v) is 5.16. The van der Waals surface area contributed by atoms with Crippen LogP contribution in [0.2, 0.25) is 0 Å². The molecule has 0 amide bonds. The number of benzene rings is 1. The highest BCUT2D eigenvalue weighted by molar-refractivity contribution is 7.13. The third-order valence-electron chi connectivity index (χ3n) is 2.80. The first-order valence-corrected chi connectivity index (χ1v) is 6.84. The number of hydrogen-bond donors (Lipinski definition) is 2. The molecular formula is C14H11N3O2S. The van der Waals surface area contributed by atoms with Crippen molar-refractivity contribution in [3.8, 4) is 0 Å². The molecule has 0 aliphatic carbocycles. The molecule has 2 heterocycles. The van der Waals surface area contributed by atoms with E-state index >= 15 is 0 Å². The Morgan fingerprint density at radius 1 is 1.30 bits per heavy atom. The first kappa shape index (κ1) is 12.6. The number of nitrogens with zero attached hydrogens (tertiary/aromatic N) is 2. The van der Waals surface area contributed by atoms with Crippen molar-refractivity contribution in [3.63, 3.8) is 0 Å². The van der Waals surface area contributed by atoms with Gasteiger partial charge in [0, 0.05) is 10.8 Å². The molecule has 100 valence electrons. The number of carboxylic acids is 1. The highest BCUT2D eigenvalue weighted by Crippen LogP contribution is 2.27. The first-order valence-electron chi connectivity index (χ1n) is 5.96. The third-order valence-corrected chi connectivity index (χ3v) is 3.68. The molecule has 5 nitrogen and oxygen atoms in total. The maximum atomic E-state index is 11.2. The maximum Gasteiger partial charge on any atom is 0.354 e. The van der Waals surface area contributed by atoms with Gasteiger partial charge in [0.25, 0.3) is 0 Å². The number of anilines is 2. The van der Waals surface area contributed by atoms with Crippen molar-refractivity contribution in [2.45, 2.75) is 6.92 Å². The molecule has 0 bridgehead atoms. The van der Waals surface area contributed by atoms with Crippen molar-refractivity contribution < 1.29 is 9.90 Å². The van der Waals surface area contributed by atoms with Gasteiger partial charge in [0.2, 0.25) is 0 Å². The number of rotatable bonds is 3. The van der Waals surface area contributed by atoms with Gasteiger partial charge in [0.15, 0.2) is 10.8 Å². The average Bonchev–Trinajstić information content (AvgIpc) is 2.84. The van der Waals surface area contributed by atoms with Crippen LogP contribution in [0.15, 0.2) is 35.7 Å². The predicted octanol–water partition coefficient (Wildman–Crippen LogP) is 3.44. The summed E-state index contributed by atoms with van der Waals surface area (Å²) in [6, 6.07) is 9.09. The minimum absolute atomic E-state index is 0.0134. The molecule has 0 saturated heterocycles. The lowest BCUT2D eigenvalue weighted by molar-refractivity contribution is 0.0691. The Labute approximate surface area is 118 Å². The van der Waals surface area contributed by atoms with E-state index in [-0.39, 0.29) is 5.69 Å². The van der Waals surface area contributed by atoms with E-state index in [9.17, 15) is 4.79 Å². The summed E-state index contributed by atoms with van der Waals surface area (Å²) in [5, 5.41) is 16.5. The van der Waals surface area contributed by atoms with Crippen LogP contribution in [0.3, 0.4) is 0 Å². The summed E-state index contributed by atoms with van der Waals surface area (Å²) in [5.41, 5.74) is 0.927. The summed E-state index contributed by atoms with van der Waals surface area (Å²) < 4.78 is 0. The molecule has 0 fully saturated rings. The third kappa shape index (κ3) is 2.33. The van der Waals surface area contributed by atoms with Crippen LogP contribution in [0.4, 0.5) is 10.9 Å². The van der Waals surface area contributed by atoms with Gasteiger partial charge in [-0.1, -0.05) is 24.3 Å². The zero-order chi connectivity index (χ0) is 14.1. The molecule has 0 spiro atoms. The number of fused-ring (bicyclic) bond motifs is 1. The Morgan fingerprint density at radius 3 is 2.80 bits per heavy atom. The SMILES string of the molecule is Cc1csc(Nc2nc(C(=O)O)cc3ccccc23)n1. The van der Waals surface area contributed by atoms with Crippen LogP contribution in [0.25, 0.3) is 10.8 Å². The lowest BCUT2D eigenvalue weighted by atomic mass is 10.1. The van der Waals surface area contributed by atoms with Gasteiger partial charge in [-0.05, 0) is 18.4 Å². The molecule has 0 aliphatic rings. The molecule has 6 heteroatoms. The highest BCUT2D eigenvalue weighted by atomic mass is 32.1. The van der Waals surface area contributed by atoms with E-state index in [1.807, 2.05) is 36.6 Å². The molecule has 2 aromatic heterocycles. The van der Waals surface area contributed by atoms with Crippen molar-refractivity contribution in [1.29, 1.82) is 0 Å². The average molecular weight is 285 g/mol. The van der Waals surface area contributed by atoms with Gasteiger partial charge in [0.1, 0.15) is 5.82 Å². The van der Waals surface area contributed by atoms with E-state index in [2.05, 4.69) is 15.3 Å². The van der Waals surface area contributed by atoms with Crippen LogP contribution in [0.5, 0.6) is 0 Å². The topological polar surface area (TPSA) is 75.1 Å². The Bertz CT molecular complexity index is 798. The number of carbonyl (C=O) groups is 1. The second-order valence-electron chi connectivity index (χ2n) is 4.30. The lowest BCUT2D eigenvalue weighted by Gasteiger charge is -2.07. The normalized spacial score (nSPS) is 10.7. The minimum atomic E-state index is -1.05. The summed E-state index contributed by atoms with van der Waals surface area (Å²) >= 11 is 1.46. The van der Waals surface area contributed by atoms with Crippen molar-refractivity contribution >= 4 is 39.0 Å². The molecule has 0 unspecified atom stereocenters.